The van der Waals surface area contributed by atoms with Gasteiger partial charge in [-0.15, -0.1) is 0 Å². The maximum Gasteiger partial charge on any atom is 0.255 e. The molecule has 0 aliphatic carbocycles. The van der Waals surface area contributed by atoms with Crippen LogP contribution in [0, 0.1) is 0 Å². The second kappa shape index (κ2) is 7.25. The predicted octanol–water partition coefficient (Wildman–Crippen LogP) is 0.663. The minimum Gasteiger partial charge on any atom is -0.496 e. The summed E-state index contributed by atoms with van der Waals surface area (Å²) < 4.78 is 5.10. The molecule has 1 aromatic carbocycles. The van der Waals surface area contributed by atoms with E-state index >= 15 is 0 Å². The van der Waals surface area contributed by atoms with Gasteiger partial charge in [0.15, 0.2) is 0 Å². The van der Waals surface area contributed by atoms with Crippen molar-refractivity contribution in [3.05, 3.63) is 23.8 Å². The molecule has 0 aromatic heterocycles. The molecule has 6 heteroatoms. The molecule has 0 saturated carbocycles. The lowest BCUT2D eigenvalue weighted by molar-refractivity contribution is -0.118. The zero-order valence-electron chi connectivity index (χ0n) is 10.9. The van der Waals surface area contributed by atoms with Gasteiger partial charge in [-0.05, 0) is 25.0 Å². The molecular weight excluding hydrogens is 246 g/mol. The minimum absolute atomic E-state index is 0.226. The second-order valence-corrected chi connectivity index (χ2v) is 4.14. The molecule has 2 amide bonds. The summed E-state index contributed by atoms with van der Waals surface area (Å²) >= 11 is 0. The number of methoxy groups -OCH3 is 1. The number of amides is 2. The topological polar surface area (TPSA) is 107 Å². The van der Waals surface area contributed by atoms with Gasteiger partial charge >= 0.3 is 0 Å². The van der Waals surface area contributed by atoms with Gasteiger partial charge in [-0.1, -0.05) is 0 Å². The summed E-state index contributed by atoms with van der Waals surface area (Å²) in [6.45, 7) is 0.486. The molecule has 0 aliphatic rings. The summed E-state index contributed by atoms with van der Waals surface area (Å²) in [5, 5.41) is 2.75. The highest BCUT2D eigenvalue weighted by atomic mass is 16.5. The first-order chi connectivity index (χ1) is 9.04. The predicted molar refractivity (Wildman–Crippen MR) is 72.8 cm³/mol. The first-order valence-electron chi connectivity index (χ1n) is 6.04. The number of nitrogen functional groups attached to an aromatic ring is 1. The van der Waals surface area contributed by atoms with Crippen molar-refractivity contribution in [1.29, 1.82) is 0 Å². The van der Waals surface area contributed by atoms with Crippen molar-refractivity contribution in [2.75, 3.05) is 19.4 Å². The number of ether oxygens (including phenoxy) is 1. The molecule has 0 bridgehead atoms. The third kappa shape index (κ3) is 4.87. The number of carbonyl (C=O) groups is 2. The standard InChI is InChI=1S/C13H19N3O3/c1-19-11-8-9(14)5-6-10(11)13(18)16-7-3-2-4-12(15)17/h5-6,8H,2-4,7,14H2,1H3,(H2,15,17)(H,16,18). The van der Waals surface area contributed by atoms with E-state index < -0.39 is 0 Å². The van der Waals surface area contributed by atoms with Crippen LogP contribution in [0.15, 0.2) is 18.2 Å². The molecule has 0 aliphatic heterocycles. The summed E-state index contributed by atoms with van der Waals surface area (Å²) in [6, 6.07) is 4.86. The van der Waals surface area contributed by atoms with Crippen molar-refractivity contribution in [3.63, 3.8) is 0 Å². The van der Waals surface area contributed by atoms with Crippen LogP contribution in [0.5, 0.6) is 5.75 Å². The number of nitrogens with two attached hydrogens (primary N) is 2. The lowest BCUT2D eigenvalue weighted by atomic mass is 10.1. The fourth-order valence-electron chi connectivity index (χ4n) is 1.62. The van der Waals surface area contributed by atoms with E-state index in [2.05, 4.69) is 5.32 Å². The smallest absolute Gasteiger partial charge is 0.255 e. The summed E-state index contributed by atoms with van der Waals surface area (Å²) in [6.07, 6.45) is 1.70. The number of hydrogen-bond donors (Lipinski definition) is 3. The van der Waals surface area contributed by atoms with Gasteiger partial charge in [0.2, 0.25) is 5.91 Å². The Hall–Kier alpha value is -2.24. The first kappa shape index (κ1) is 14.8. The minimum atomic E-state index is -0.327. The number of primary amides is 1. The third-order valence-electron chi connectivity index (χ3n) is 2.61. The summed E-state index contributed by atoms with van der Waals surface area (Å²) in [5.74, 6) is -0.114. The van der Waals surface area contributed by atoms with Gasteiger partial charge < -0.3 is 21.5 Å². The number of anilines is 1. The van der Waals surface area contributed by atoms with Crippen LogP contribution in [0.4, 0.5) is 5.69 Å². The van der Waals surface area contributed by atoms with E-state index in [4.69, 9.17) is 16.2 Å². The Balaban J connectivity index is 2.47. The van der Waals surface area contributed by atoms with E-state index in [-0.39, 0.29) is 11.8 Å². The van der Waals surface area contributed by atoms with Crippen molar-refractivity contribution < 1.29 is 14.3 Å². The SMILES string of the molecule is COc1cc(N)ccc1C(=O)NCCCCC(N)=O. The Labute approximate surface area is 112 Å². The molecule has 19 heavy (non-hydrogen) atoms. The Morgan fingerprint density at radius 1 is 1.32 bits per heavy atom. The van der Waals surface area contributed by atoms with Gasteiger partial charge in [-0.2, -0.15) is 0 Å². The highest BCUT2D eigenvalue weighted by Crippen LogP contribution is 2.21. The van der Waals surface area contributed by atoms with Gasteiger partial charge in [0, 0.05) is 24.7 Å². The molecule has 6 nitrogen and oxygen atoms in total. The van der Waals surface area contributed by atoms with Gasteiger partial charge in [0.25, 0.3) is 5.91 Å². The fraction of sp³-hybridized carbons (Fsp3) is 0.385. The van der Waals surface area contributed by atoms with Crippen molar-refractivity contribution in [2.24, 2.45) is 5.73 Å². The Morgan fingerprint density at radius 2 is 2.05 bits per heavy atom. The number of benzene rings is 1. The first-order valence-corrected chi connectivity index (χ1v) is 6.04. The highest BCUT2D eigenvalue weighted by Gasteiger charge is 2.11. The maximum absolute atomic E-state index is 11.9. The largest absolute Gasteiger partial charge is 0.496 e. The third-order valence-corrected chi connectivity index (χ3v) is 2.61. The lowest BCUT2D eigenvalue weighted by Gasteiger charge is -2.09. The molecule has 0 atom stereocenters. The molecule has 1 aromatic rings. The second-order valence-electron chi connectivity index (χ2n) is 4.14. The van der Waals surface area contributed by atoms with E-state index in [1.54, 1.807) is 18.2 Å². The van der Waals surface area contributed by atoms with Gasteiger partial charge in [-0.3, -0.25) is 9.59 Å². The summed E-state index contributed by atoms with van der Waals surface area (Å²) in [7, 11) is 1.48. The van der Waals surface area contributed by atoms with Crippen LogP contribution in [0.1, 0.15) is 29.6 Å². The average molecular weight is 265 g/mol. The number of hydrogen-bond acceptors (Lipinski definition) is 4. The monoisotopic (exact) mass is 265 g/mol. The Kier molecular flexibility index (Phi) is 5.66. The van der Waals surface area contributed by atoms with Crippen LogP contribution in [-0.4, -0.2) is 25.5 Å². The Bertz CT molecular complexity index is 460. The fourth-order valence-corrected chi connectivity index (χ4v) is 1.62. The quantitative estimate of drug-likeness (QED) is 0.497. The molecule has 0 saturated heterocycles. The molecule has 0 fully saturated rings. The van der Waals surface area contributed by atoms with E-state index in [0.29, 0.717) is 42.8 Å². The normalized spacial score (nSPS) is 9.95. The molecule has 0 unspecified atom stereocenters. The van der Waals surface area contributed by atoms with E-state index in [1.165, 1.54) is 7.11 Å². The summed E-state index contributed by atoms with van der Waals surface area (Å²) in [4.78, 5) is 22.4. The van der Waals surface area contributed by atoms with Crippen molar-refractivity contribution >= 4 is 17.5 Å². The zero-order valence-corrected chi connectivity index (χ0v) is 10.9. The van der Waals surface area contributed by atoms with E-state index in [0.717, 1.165) is 0 Å². The molecule has 104 valence electrons. The summed E-state index contributed by atoms with van der Waals surface area (Å²) in [5.41, 5.74) is 11.6. The van der Waals surface area contributed by atoms with Crippen LogP contribution in [0.25, 0.3) is 0 Å². The van der Waals surface area contributed by atoms with Gasteiger partial charge in [-0.25, -0.2) is 0 Å². The van der Waals surface area contributed by atoms with Gasteiger partial charge in [0.1, 0.15) is 5.75 Å². The zero-order chi connectivity index (χ0) is 14.3. The van der Waals surface area contributed by atoms with Crippen LogP contribution in [-0.2, 0) is 4.79 Å². The van der Waals surface area contributed by atoms with Crippen LogP contribution in [0.3, 0.4) is 0 Å². The molecular formula is C13H19N3O3. The number of rotatable bonds is 7. The van der Waals surface area contributed by atoms with Crippen molar-refractivity contribution in [1.82, 2.24) is 5.32 Å². The molecule has 1 rings (SSSR count). The average Bonchev–Trinajstić information content (AvgIpc) is 2.37. The molecule has 5 N–H and O–H groups in total. The van der Waals surface area contributed by atoms with E-state index in [9.17, 15) is 9.59 Å². The number of nitrogens with one attached hydrogen (secondary N) is 1. The molecule has 0 radical (unpaired) electrons. The maximum atomic E-state index is 11.9. The number of unbranched alkanes of at least 4 members (excludes halogenated alkanes) is 1. The number of carbonyl (C=O) groups excluding carboxylic acids is 2. The van der Waals surface area contributed by atoms with Crippen molar-refractivity contribution in [2.45, 2.75) is 19.3 Å². The lowest BCUT2D eigenvalue weighted by Crippen LogP contribution is -2.25. The molecule has 0 spiro atoms. The van der Waals surface area contributed by atoms with Gasteiger partial charge in [0.05, 0.1) is 12.7 Å². The van der Waals surface area contributed by atoms with Crippen LogP contribution >= 0.6 is 0 Å². The van der Waals surface area contributed by atoms with Crippen LogP contribution in [0.2, 0.25) is 0 Å². The highest BCUT2D eigenvalue weighted by molar-refractivity contribution is 5.97. The Morgan fingerprint density at radius 3 is 2.68 bits per heavy atom. The van der Waals surface area contributed by atoms with E-state index in [1.807, 2.05) is 0 Å². The van der Waals surface area contributed by atoms with Crippen LogP contribution < -0.4 is 21.5 Å². The molecule has 0 heterocycles. The van der Waals surface area contributed by atoms with Crippen molar-refractivity contribution in [3.8, 4) is 5.75 Å².